The Hall–Kier alpha value is 0.960. The molecule has 1 aliphatic rings. The van der Waals surface area contributed by atoms with Crippen molar-refractivity contribution in [3.63, 3.8) is 0 Å². The van der Waals surface area contributed by atoms with Crippen LogP contribution in [-0.4, -0.2) is 13.1 Å². The van der Waals surface area contributed by atoms with E-state index in [1.54, 1.807) is 0 Å². The molecule has 0 atom stereocenters. The van der Waals surface area contributed by atoms with Crippen LogP contribution in [0.3, 0.4) is 0 Å². The molecule has 1 saturated heterocycles. The minimum Gasteiger partial charge on any atom is -1.00 e. The van der Waals surface area contributed by atoms with E-state index in [-0.39, 0.29) is 31.0 Å². The summed E-state index contributed by atoms with van der Waals surface area (Å²) in [6.45, 7) is 2.50. The predicted octanol–water partition coefficient (Wildman–Crippen LogP) is -3.29. The molecule has 2 heteroatoms. The van der Waals surface area contributed by atoms with Gasteiger partial charge in [0.2, 0.25) is 0 Å². The second-order valence-electron chi connectivity index (χ2n) is 0.750. The van der Waals surface area contributed by atoms with Gasteiger partial charge in [-0.15, -0.1) is 0 Å². The summed E-state index contributed by atoms with van der Waals surface area (Å²) in [5.74, 6) is 0. The van der Waals surface area contributed by atoms with Crippen molar-refractivity contribution in [1.82, 2.24) is 5.32 Å². The first-order chi connectivity index (χ1) is 1.50. The summed E-state index contributed by atoms with van der Waals surface area (Å²) >= 11 is 0. The van der Waals surface area contributed by atoms with Gasteiger partial charge in [0.25, 0.3) is 0 Å². The number of hydrogen-bond acceptors (Lipinski definition) is 1. The van der Waals surface area contributed by atoms with Crippen LogP contribution in [0.5, 0.6) is 0 Å². The largest absolute Gasteiger partial charge is 1.00 e. The van der Waals surface area contributed by atoms with Gasteiger partial charge < -0.3 is 6.74 Å². The molecule has 1 N–H and O–H groups in total. The van der Waals surface area contributed by atoms with Crippen molar-refractivity contribution in [2.45, 2.75) is 0 Å². The Balaban J connectivity index is 0. The molecule has 0 radical (unpaired) electrons. The average Bonchev–Trinajstić information content (AvgIpc) is 1.46. The van der Waals surface area contributed by atoms with Crippen molar-refractivity contribution < 1.29 is 31.0 Å². The Morgan fingerprint density at radius 1 is 1.50 bits per heavy atom. The van der Waals surface area contributed by atoms with E-state index < -0.39 is 0 Å². The molecule has 1 rings (SSSR count). The Morgan fingerprint density at radius 2 is 1.75 bits per heavy atom. The molecule has 20 valence electrons. The first-order valence-corrected chi connectivity index (χ1v) is 1.21. The van der Waals surface area contributed by atoms with Crippen LogP contribution in [0.15, 0.2) is 0 Å². The van der Waals surface area contributed by atoms with Crippen molar-refractivity contribution in [3.8, 4) is 0 Å². The van der Waals surface area contributed by atoms with E-state index in [0.717, 1.165) is 0 Å². The Morgan fingerprint density at radius 3 is 1.75 bits per heavy atom. The molecule has 0 bridgehead atoms. The van der Waals surface area contributed by atoms with E-state index in [4.69, 9.17) is 0 Å². The van der Waals surface area contributed by atoms with Crippen LogP contribution in [0.1, 0.15) is 1.43 Å². The summed E-state index contributed by atoms with van der Waals surface area (Å²) in [4.78, 5) is 0. The first kappa shape index (κ1) is 4.96. The second-order valence-corrected chi connectivity index (χ2v) is 0.750. The van der Waals surface area contributed by atoms with Gasteiger partial charge in [-0.25, -0.2) is 0 Å². The summed E-state index contributed by atoms with van der Waals surface area (Å²) in [5, 5.41) is 3.00. The summed E-state index contributed by atoms with van der Waals surface area (Å²) in [7, 11) is 0. The fourth-order valence-corrected chi connectivity index (χ4v) is 0. The monoisotopic (exact) mass is 67.0 g/mol. The Bertz CT molecular complexity index is 14.4. The van der Waals surface area contributed by atoms with Crippen LogP contribution in [0.25, 0.3) is 0 Å². The van der Waals surface area contributed by atoms with Crippen molar-refractivity contribution in [2.24, 2.45) is 0 Å². The molecule has 0 aromatic heterocycles. The van der Waals surface area contributed by atoms with Gasteiger partial charge in [0.1, 0.15) is 0 Å². The molecule has 4 heavy (non-hydrogen) atoms. The maximum Gasteiger partial charge on any atom is 1.00 e. The summed E-state index contributed by atoms with van der Waals surface area (Å²) in [6, 6.07) is 0. The molecule has 0 saturated carbocycles. The number of hydrogen-bond donors (Lipinski definition) is 1. The summed E-state index contributed by atoms with van der Waals surface area (Å²) in [5.41, 5.74) is 0. The quantitative estimate of drug-likeness (QED) is 0.233. The predicted molar refractivity (Wildman–Crippen MR) is 14.0 cm³/mol. The van der Waals surface area contributed by atoms with Crippen LogP contribution in [-0.2, 0) is 0 Å². The minimum atomic E-state index is 0. The zero-order chi connectivity index (χ0) is 2.12. The van der Waals surface area contributed by atoms with Crippen LogP contribution in [0, 0.1) is 0 Å². The van der Waals surface area contributed by atoms with Gasteiger partial charge in [0, 0.05) is 13.1 Å². The molecule has 1 nitrogen and oxygen atoms in total. The van der Waals surface area contributed by atoms with Gasteiger partial charge in [-0.05, 0) is 0 Å². The molecule has 1 aliphatic heterocycles. The standard InChI is InChI=1S/C2H5N.Na.H/c1-2-3-1;;/h3H,1-2H2;;/q;+1;-1. The molecular formula is C2H6NNa. The fourth-order valence-electron chi connectivity index (χ4n) is 0. The second kappa shape index (κ2) is 2.21. The fraction of sp³-hybridized carbons (Fsp3) is 1.00. The SMILES string of the molecule is C1CN1.[H-].[Na+]. The van der Waals surface area contributed by atoms with Crippen LogP contribution >= 0.6 is 0 Å². The normalized spacial score (nSPS) is 18.0. The van der Waals surface area contributed by atoms with Crippen molar-refractivity contribution >= 4 is 0 Å². The van der Waals surface area contributed by atoms with Gasteiger partial charge >= 0.3 is 29.6 Å². The molecule has 0 amide bonds. The van der Waals surface area contributed by atoms with Crippen molar-refractivity contribution in [3.05, 3.63) is 0 Å². The van der Waals surface area contributed by atoms with E-state index in [2.05, 4.69) is 5.32 Å². The molecule has 1 heterocycles. The van der Waals surface area contributed by atoms with Crippen molar-refractivity contribution in [2.75, 3.05) is 13.1 Å². The smallest absolute Gasteiger partial charge is 1.00 e. The number of nitrogens with one attached hydrogen (secondary N) is 1. The Kier molecular flexibility index (Phi) is 2.74. The average molecular weight is 67.1 g/mol. The molecule has 0 spiro atoms. The third-order valence-corrected chi connectivity index (χ3v) is 0.250. The van der Waals surface area contributed by atoms with E-state index in [1.807, 2.05) is 0 Å². The van der Waals surface area contributed by atoms with E-state index in [1.165, 1.54) is 13.1 Å². The minimum absolute atomic E-state index is 0. The van der Waals surface area contributed by atoms with Crippen LogP contribution in [0.2, 0.25) is 0 Å². The summed E-state index contributed by atoms with van der Waals surface area (Å²) in [6.07, 6.45) is 0. The molecule has 0 aromatic carbocycles. The molecule has 0 aromatic rings. The Labute approximate surface area is 49.5 Å². The van der Waals surface area contributed by atoms with Crippen molar-refractivity contribution in [1.29, 1.82) is 0 Å². The van der Waals surface area contributed by atoms with Gasteiger partial charge in [0.15, 0.2) is 0 Å². The number of rotatable bonds is 0. The molecular weight excluding hydrogens is 61.0 g/mol. The van der Waals surface area contributed by atoms with E-state index in [9.17, 15) is 0 Å². The topological polar surface area (TPSA) is 21.9 Å². The van der Waals surface area contributed by atoms with Crippen LogP contribution in [0.4, 0.5) is 0 Å². The first-order valence-electron chi connectivity index (χ1n) is 1.21. The molecule has 1 fully saturated rings. The zero-order valence-corrected chi connectivity index (χ0v) is 4.91. The third kappa shape index (κ3) is 2.96. The van der Waals surface area contributed by atoms with Crippen LogP contribution < -0.4 is 34.9 Å². The molecule has 0 aliphatic carbocycles. The van der Waals surface area contributed by atoms with E-state index in [0.29, 0.717) is 0 Å². The van der Waals surface area contributed by atoms with Gasteiger partial charge in [-0.3, -0.25) is 0 Å². The third-order valence-electron chi connectivity index (χ3n) is 0.250. The van der Waals surface area contributed by atoms with Gasteiger partial charge in [-0.2, -0.15) is 0 Å². The maximum absolute atomic E-state index is 3.00. The molecule has 0 unspecified atom stereocenters. The maximum atomic E-state index is 3.00. The van der Waals surface area contributed by atoms with Gasteiger partial charge in [-0.1, -0.05) is 0 Å². The zero-order valence-electron chi connectivity index (χ0n) is 3.91. The summed E-state index contributed by atoms with van der Waals surface area (Å²) < 4.78 is 0. The van der Waals surface area contributed by atoms with E-state index >= 15 is 0 Å². The van der Waals surface area contributed by atoms with Gasteiger partial charge in [0.05, 0.1) is 0 Å².